The number of aromatic nitrogens is 1. The lowest BCUT2D eigenvalue weighted by atomic mass is 10.1. The van der Waals surface area contributed by atoms with Gasteiger partial charge in [0.05, 0.1) is 4.92 Å². The summed E-state index contributed by atoms with van der Waals surface area (Å²) in [6, 6.07) is 5.52. The summed E-state index contributed by atoms with van der Waals surface area (Å²) in [5, 5.41) is 19.7. The predicted octanol–water partition coefficient (Wildman–Crippen LogP) is 2.58. The first kappa shape index (κ1) is 14.4. The zero-order chi connectivity index (χ0) is 15.4. The topological polar surface area (TPSA) is 103 Å². The second kappa shape index (κ2) is 6.00. The van der Waals surface area contributed by atoms with Crippen LogP contribution in [0.5, 0.6) is 5.75 Å². The van der Waals surface area contributed by atoms with Crippen LogP contribution in [0.25, 0.3) is 0 Å². The number of carboxylic acid groups (broad SMARTS) is 1. The molecule has 1 N–H and O–H groups in total. The van der Waals surface area contributed by atoms with Gasteiger partial charge in [0.1, 0.15) is 17.9 Å². The van der Waals surface area contributed by atoms with E-state index in [1.54, 1.807) is 12.4 Å². The highest BCUT2D eigenvalue weighted by Gasteiger charge is 2.20. The maximum absolute atomic E-state index is 11.0. The predicted molar refractivity (Wildman–Crippen MR) is 73.4 cm³/mol. The molecule has 21 heavy (non-hydrogen) atoms. The molecule has 0 fully saturated rings. The van der Waals surface area contributed by atoms with Gasteiger partial charge in [0.2, 0.25) is 0 Å². The Hall–Kier alpha value is -2.96. The van der Waals surface area contributed by atoms with Crippen molar-refractivity contribution >= 4 is 11.7 Å². The van der Waals surface area contributed by atoms with E-state index in [0.29, 0.717) is 0 Å². The summed E-state index contributed by atoms with van der Waals surface area (Å²) in [7, 11) is 0. The van der Waals surface area contributed by atoms with Crippen molar-refractivity contribution in [3.8, 4) is 5.75 Å². The second-order valence-electron chi connectivity index (χ2n) is 4.40. The molecule has 1 aromatic carbocycles. The molecule has 108 valence electrons. The van der Waals surface area contributed by atoms with Crippen molar-refractivity contribution in [3.63, 3.8) is 0 Å². The standard InChI is InChI=1S/C14H12N2O5/c1-9-4-10(7-15-6-9)8-21-11-2-3-13(16(19)20)12(5-11)14(17)18/h2-7H,8H2,1H3,(H,17,18). The summed E-state index contributed by atoms with van der Waals surface area (Å²) in [5.74, 6) is -1.12. The normalized spacial score (nSPS) is 10.1. The fraction of sp³-hybridized carbons (Fsp3) is 0.143. The van der Waals surface area contributed by atoms with Crippen LogP contribution < -0.4 is 4.74 Å². The first-order chi connectivity index (χ1) is 9.97. The minimum absolute atomic E-state index is 0.200. The molecule has 1 heterocycles. The smallest absolute Gasteiger partial charge is 0.342 e. The number of nitro groups is 1. The van der Waals surface area contributed by atoms with E-state index in [1.165, 1.54) is 6.07 Å². The van der Waals surface area contributed by atoms with E-state index >= 15 is 0 Å². The third-order valence-corrected chi connectivity index (χ3v) is 2.73. The first-order valence-electron chi connectivity index (χ1n) is 6.02. The van der Waals surface area contributed by atoms with Crippen LogP contribution in [0.15, 0.2) is 36.7 Å². The number of aromatic carboxylic acids is 1. The van der Waals surface area contributed by atoms with Crippen LogP contribution in [0.4, 0.5) is 5.69 Å². The molecule has 0 saturated carbocycles. The number of ether oxygens (including phenoxy) is 1. The molecule has 0 radical (unpaired) electrons. The Balaban J connectivity index is 2.19. The van der Waals surface area contributed by atoms with E-state index in [2.05, 4.69) is 4.98 Å². The quantitative estimate of drug-likeness (QED) is 0.670. The molecular weight excluding hydrogens is 276 g/mol. The van der Waals surface area contributed by atoms with Crippen molar-refractivity contribution in [2.24, 2.45) is 0 Å². The van der Waals surface area contributed by atoms with Crippen LogP contribution in [-0.4, -0.2) is 21.0 Å². The molecule has 0 aliphatic carbocycles. The zero-order valence-electron chi connectivity index (χ0n) is 11.1. The minimum atomic E-state index is -1.37. The Labute approximate surface area is 120 Å². The van der Waals surface area contributed by atoms with Crippen LogP contribution in [0.2, 0.25) is 0 Å². The van der Waals surface area contributed by atoms with Crippen molar-refractivity contribution in [3.05, 3.63) is 63.5 Å². The van der Waals surface area contributed by atoms with E-state index in [1.807, 2.05) is 13.0 Å². The number of nitro benzene ring substituents is 1. The van der Waals surface area contributed by atoms with Gasteiger partial charge in [-0.2, -0.15) is 0 Å². The highest BCUT2D eigenvalue weighted by molar-refractivity contribution is 5.92. The maximum Gasteiger partial charge on any atom is 0.342 e. The summed E-state index contributed by atoms with van der Waals surface area (Å²) in [5.41, 5.74) is 0.934. The van der Waals surface area contributed by atoms with Gasteiger partial charge in [-0.15, -0.1) is 0 Å². The average Bonchev–Trinajstić information content (AvgIpc) is 2.44. The summed E-state index contributed by atoms with van der Waals surface area (Å²) in [4.78, 5) is 25.1. The van der Waals surface area contributed by atoms with Gasteiger partial charge >= 0.3 is 5.97 Å². The minimum Gasteiger partial charge on any atom is -0.489 e. The van der Waals surface area contributed by atoms with Crippen molar-refractivity contribution in [2.45, 2.75) is 13.5 Å². The molecule has 2 rings (SSSR count). The molecule has 0 bridgehead atoms. The highest BCUT2D eigenvalue weighted by atomic mass is 16.6. The Morgan fingerprint density at radius 1 is 1.38 bits per heavy atom. The lowest BCUT2D eigenvalue weighted by Crippen LogP contribution is -2.04. The Kier molecular flexibility index (Phi) is 4.13. The Morgan fingerprint density at radius 2 is 2.14 bits per heavy atom. The fourth-order valence-electron chi connectivity index (χ4n) is 1.80. The summed E-state index contributed by atoms with van der Waals surface area (Å²) >= 11 is 0. The summed E-state index contributed by atoms with van der Waals surface area (Å²) in [6.45, 7) is 2.09. The Bertz CT molecular complexity index is 700. The number of benzene rings is 1. The van der Waals surface area contributed by atoms with Gasteiger partial charge in [-0.1, -0.05) is 0 Å². The third-order valence-electron chi connectivity index (χ3n) is 2.73. The van der Waals surface area contributed by atoms with Crippen LogP contribution in [0.3, 0.4) is 0 Å². The van der Waals surface area contributed by atoms with Gasteiger partial charge in [-0.05, 0) is 24.6 Å². The van der Waals surface area contributed by atoms with E-state index in [4.69, 9.17) is 9.84 Å². The van der Waals surface area contributed by atoms with Crippen LogP contribution in [-0.2, 0) is 6.61 Å². The van der Waals surface area contributed by atoms with Crippen LogP contribution in [0, 0.1) is 17.0 Å². The molecule has 0 saturated heterocycles. The molecule has 0 atom stereocenters. The molecule has 7 nitrogen and oxygen atoms in total. The summed E-state index contributed by atoms with van der Waals surface area (Å²) in [6.07, 6.45) is 3.34. The van der Waals surface area contributed by atoms with Crippen LogP contribution in [0.1, 0.15) is 21.5 Å². The average molecular weight is 288 g/mol. The van der Waals surface area contributed by atoms with Crippen molar-refractivity contribution in [1.82, 2.24) is 4.98 Å². The van der Waals surface area contributed by atoms with Gasteiger partial charge in [-0.3, -0.25) is 15.1 Å². The molecular formula is C14H12N2O5. The maximum atomic E-state index is 11.0. The SMILES string of the molecule is Cc1cncc(COc2ccc([N+](=O)[O-])c(C(=O)O)c2)c1. The number of pyridine rings is 1. The van der Waals surface area contributed by atoms with Gasteiger partial charge < -0.3 is 9.84 Å². The molecule has 0 spiro atoms. The number of rotatable bonds is 5. The number of nitrogens with zero attached hydrogens (tertiary/aromatic N) is 2. The third kappa shape index (κ3) is 3.53. The van der Waals surface area contributed by atoms with Gasteiger partial charge in [-0.25, -0.2) is 4.79 Å². The van der Waals surface area contributed by atoms with Crippen molar-refractivity contribution in [1.29, 1.82) is 0 Å². The largest absolute Gasteiger partial charge is 0.489 e. The molecule has 0 aliphatic heterocycles. The van der Waals surface area contributed by atoms with Crippen molar-refractivity contribution in [2.75, 3.05) is 0 Å². The number of hydrogen-bond acceptors (Lipinski definition) is 5. The van der Waals surface area contributed by atoms with Gasteiger partial charge in [0, 0.05) is 30.1 Å². The van der Waals surface area contributed by atoms with Gasteiger partial charge in [0.15, 0.2) is 0 Å². The van der Waals surface area contributed by atoms with E-state index in [0.717, 1.165) is 23.3 Å². The molecule has 0 aliphatic rings. The number of hydrogen-bond donors (Lipinski definition) is 1. The van der Waals surface area contributed by atoms with Crippen LogP contribution >= 0.6 is 0 Å². The number of aryl methyl sites for hydroxylation is 1. The molecule has 1 aromatic heterocycles. The second-order valence-corrected chi connectivity index (χ2v) is 4.40. The molecule has 0 unspecified atom stereocenters. The van der Waals surface area contributed by atoms with E-state index in [9.17, 15) is 14.9 Å². The fourth-order valence-corrected chi connectivity index (χ4v) is 1.80. The summed E-state index contributed by atoms with van der Waals surface area (Å²) < 4.78 is 5.45. The first-order valence-corrected chi connectivity index (χ1v) is 6.02. The van der Waals surface area contributed by atoms with E-state index < -0.39 is 22.1 Å². The highest BCUT2D eigenvalue weighted by Crippen LogP contribution is 2.24. The van der Waals surface area contributed by atoms with Crippen molar-refractivity contribution < 1.29 is 19.6 Å². The molecule has 0 amide bonds. The van der Waals surface area contributed by atoms with E-state index in [-0.39, 0.29) is 12.4 Å². The van der Waals surface area contributed by atoms with Gasteiger partial charge in [0.25, 0.3) is 5.69 Å². The molecule has 2 aromatic rings. The lowest BCUT2D eigenvalue weighted by molar-refractivity contribution is -0.385. The monoisotopic (exact) mass is 288 g/mol. The number of carbonyl (C=O) groups is 1. The Morgan fingerprint density at radius 3 is 2.76 bits per heavy atom. The lowest BCUT2D eigenvalue weighted by Gasteiger charge is -2.07. The zero-order valence-corrected chi connectivity index (χ0v) is 11.1. The molecule has 7 heteroatoms. The number of carboxylic acids is 1.